The van der Waals surface area contributed by atoms with E-state index >= 15 is 0 Å². The first-order valence-corrected chi connectivity index (χ1v) is 1.67. The summed E-state index contributed by atoms with van der Waals surface area (Å²) >= 11 is 0. The summed E-state index contributed by atoms with van der Waals surface area (Å²) in [4.78, 5) is 0. The second-order valence-electron chi connectivity index (χ2n) is 0.996. The van der Waals surface area contributed by atoms with Gasteiger partial charge in [0.15, 0.2) is 0 Å². The van der Waals surface area contributed by atoms with Gasteiger partial charge in [-0.1, -0.05) is 19.2 Å². The lowest BCUT2D eigenvalue weighted by Gasteiger charge is -1.80. The molecule has 0 atom stereocenters. The van der Waals surface area contributed by atoms with Crippen molar-refractivity contribution >= 4 is 0 Å². The van der Waals surface area contributed by atoms with Gasteiger partial charge < -0.3 is 0 Å². The van der Waals surface area contributed by atoms with Gasteiger partial charge in [-0.25, -0.2) is 4.39 Å². The molecule has 0 aliphatic carbocycles. The van der Waals surface area contributed by atoms with Crippen LogP contribution >= 0.6 is 0 Å². The maximum atomic E-state index is 11.2. The van der Waals surface area contributed by atoms with E-state index in [1.807, 2.05) is 0 Å². The van der Waals surface area contributed by atoms with Crippen LogP contribution in [0.1, 0.15) is 0 Å². The van der Waals surface area contributed by atoms with E-state index < -0.39 is 6.67 Å². The molecule has 0 fully saturated rings. The number of alkyl halides is 1. The predicted molar refractivity (Wildman–Crippen MR) is 25.3 cm³/mol. The van der Waals surface area contributed by atoms with E-state index in [1.165, 1.54) is 6.08 Å². The third kappa shape index (κ3) is 1.70. The van der Waals surface area contributed by atoms with Crippen LogP contribution in [0.3, 0.4) is 0 Å². The smallest absolute Gasteiger partial charge is 0.114 e. The van der Waals surface area contributed by atoms with Crippen LogP contribution in [-0.2, 0) is 0 Å². The summed E-state index contributed by atoms with van der Waals surface area (Å²) in [6.07, 6.45) is 1.40. The van der Waals surface area contributed by atoms with Gasteiger partial charge in [-0.15, -0.1) is 0 Å². The number of allylic oxidation sites excluding steroid dienone is 2. The first-order chi connectivity index (χ1) is 2.81. The van der Waals surface area contributed by atoms with Crippen LogP contribution in [0.2, 0.25) is 0 Å². The van der Waals surface area contributed by atoms with E-state index in [-0.39, 0.29) is 0 Å². The zero-order chi connectivity index (χ0) is 4.99. The molecule has 0 aromatic heterocycles. The Morgan fingerprint density at radius 1 is 1.83 bits per heavy atom. The Hall–Kier alpha value is -0.590. The average molecular weight is 86.1 g/mol. The summed E-state index contributed by atoms with van der Waals surface area (Å²) in [5, 5.41) is 0. The molecule has 0 heterocycles. The van der Waals surface area contributed by atoms with Crippen molar-refractivity contribution in [1.29, 1.82) is 0 Å². The largest absolute Gasteiger partial charge is 0.246 e. The van der Waals surface area contributed by atoms with Crippen molar-refractivity contribution in [1.82, 2.24) is 0 Å². The normalized spacial score (nSPS) is 7.50. The molecule has 6 heavy (non-hydrogen) atoms. The van der Waals surface area contributed by atoms with Gasteiger partial charge in [-0.2, -0.15) is 0 Å². The van der Waals surface area contributed by atoms with Gasteiger partial charge >= 0.3 is 0 Å². The van der Waals surface area contributed by atoms with Gasteiger partial charge in [0.1, 0.15) is 6.67 Å². The Bertz CT molecular complexity index is 64.3. The van der Waals surface area contributed by atoms with Crippen LogP contribution in [0, 0.1) is 0 Å². The molecular weight excluding hydrogens is 79.1 g/mol. The van der Waals surface area contributed by atoms with Gasteiger partial charge in [0.05, 0.1) is 0 Å². The molecule has 0 aromatic rings. The van der Waals surface area contributed by atoms with Gasteiger partial charge in [0.2, 0.25) is 0 Å². The fourth-order valence-corrected chi connectivity index (χ4v) is 0.0546. The summed E-state index contributed by atoms with van der Waals surface area (Å²) in [6.45, 7) is 6.11. The summed E-state index contributed by atoms with van der Waals surface area (Å²) < 4.78 is 11.2. The molecule has 0 rings (SSSR count). The Balaban J connectivity index is 3.23. The van der Waals surface area contributed by atoms with Crippen LogP contribution < -0.4 is 0 Å². The Labute approximate surface area is 37.0 Å². The minimum absolute atomic E-state index is 0.440. The quantitative estimate of drug-likeness (QED) is 0.449. The number of hydrogen-bond acceptors (Lipinski definition) is 0. The number of hydrogen-bond donors (Lipinski definition) is 0. The molecular formula is C5H7F. The standard InChI is InChI=1S/C5H7F/c1-3-5(2)4-6/h3H,1-2,4H2. The van der Waals surface area contributed by atoms with Crippen molar-refractivity contribution in [3.05, 3.63) is 24.8 Å². The minimum atomic E-state index is -0.483. The summed E-state index contributed by atoms with van der Waals surface area (Å²) in [5.74, 6) is 0. The Morgan fingerprint density at radius 2 is 2.33 bits per heavy atom. The first-order valence-electron chi connectivity index (χ1n) is 1.67. The third-order valence-corrected chi connectivity index (χ3v) is 0.460. The molecule has 0 amide bonds. The second kappa shape index (κ2) is 2.64. The Morgan fingerprint density at radius 3 is 2.33 bits per heavy atom. The van der Waals surface area contributed by atoms with Crippen molar-refractivity contribution in [2.75, 3.05) is 6.67 Å². The van der Waals surface area contributed by atoms with Crippen LogP contribution in [-0.4, -0.2) is 6.67 Å². The van der Waals surface area contributed by atoms with Gasteiger partial charge in [-0.05, 0) is 5.57 Å². The number of rotatable bonds is 2. The van der Waals surface area contributed by atoms with E-state index in [0.29, 0.717) is 5.57 Å². The van der Waals surface area contributed by atoms with Crippen molar-refractivity contribution in [3.8, 4) is 0 Å². The monoisotopic (exact) mass is 86.1 g/mol. The van der Waals surface area contributed by atoms with Crippen LogP contribution in [0.15, 0.2) is 24.8 Å². The number of halogens is 1. The lowest BCUT2D eigenvalue weighted by Crippen LogP contribution is -1.71. The highest BCUT2D eigenvalue weighted by Crippen LogP contribution is 1.87. The van der Waals surface area contributed by atoms with Gasteiger partial charge in [0, 0.05) is 0 Å². The van der Waals surface area contributed by atoms with Crippen molar-refractivity contribution < 1.29 is 4.39 Å². The topological polar surface area (TPSA) is 0 Å². The molecule has 0 saturated carbocycles. The van der Waals surface area contributed by atoms with E-state index in [0.717, 1.165) is 0 Å². The molecule has 0 aromatic carbocycles. The molecule has 0 aliphatic rings. The maximum absolute atomic E-state index is 11.2. The average Bonchev–Trinajstić information content (AvgIpc) is 1.65. The molecule has 0 N–H and O–H groups in total. The Kier molecular flexibility index (Phi) is 2.38. The van der Waals surface area contributed by atoms with Crippen molar-refractivity contribution in [3.63, 3.8) is 0 Å². The minimum Gasteiger partial charge on any atom is -0.246 e. The zero-order valence-corrected chi connectivity index (χ0v) is 3.58. The van der Waals surface area contributed by atoms with Crippen LogP contribution in [0.25, 0.3) is 0 Å². The van der Waals surface area contributed by atoms with Crippen LogP contribution in [0.4, 0.5) is 4.39 Å². The molecule has 34 valence electrons. The van der Waals surface area contributed by atoms with Gasteiger partial charge in [-0.3, -0.25) is 0 Å². The second-order valence-corrected chi connectivity index (χ2v) is 0.996. The van der Waals surface area contributed by atoms with Crippen molar-refractivity contribution in [2.45, 2.75) is 0 Å². The van der Waals surface area contributed by atoms with E-state index in [9.17, 15) is 4.39 Å². The van der Waals surface area contributed by atoms with E-state index in [4.69, 9.17) is 0 Å². The molecule has 0 spiro atoms. The van der Waals surface area contributed by atoms with E-state index in [2.05, 4.69) is 13.2 Å². The fraction of sp³-hybridized carbons (Fsp3) is 0.200. The third-order valence-electron chi connectivity index (χ3n) is 0.460. The predicted octanol–water partition coefficient (Wildman–Crippen LogP) is 1.70. The van der Waals surface area contributed by atoms with Crippen molar-refractivity contribution in [2.24, 2.45) is 0 Å². The molecule has 0 unspecified atom stereocenters. The highest BCUT2D eigenvalue weighted by Gasteiger charge is 1.76. The maximum Gasteiger partial charge on any atom is 0.114 e. The lowest BCUT2D eigenvalue weighted by atomic mass is 10.3. The summed E-state index contributed by atoms with van der Waals surface area (Å²) in [7, 11) is 0. The first kappa shape index (κ1) is 5.41. The summed E-state index contributed by atoms with van der Waals surface area (Å²) in [5.41, 5.74) is 0.440. The molecule has 1 heteroatoms. The molecule has 0 aliphatic heterocycles. The lowest BCUT2D eigenvalue weighted by molar-refractivity contribution is 0.550. The summed E-state index contributed by atoms with van der Waals surface area (Å²) in [6, 6.07) is 0. The highest BCUT2D eigenvalue weighted by molar-refractivity contribution is 5.10. The fourth-order valence-electron chi connectivity index (χ4n) is 0.0546. The molecule has 0 radical (unpaired) electrons. The molecule has 0 nitrogen and oxygen atoms in total. The van der Waals surface area contributed by atoms with Gasteiger partial charge in [0.25, 0.3) is 0 Å². The zero-order valence-electron chi connectivity index (χ0n) is 3.58. The van der Waals surface area contributed by atoms with E-state index in [1.54, 1.807) is 0 Å². The highest BCUT2D eigenvalue weighted by atomic mass is 19.1. The molecule has 0 saturated heterocycles. The molecule has 0 bridgehead atoms. The van der Waals surface area contributed by atoms with Crippen LogP contribution in [0.5, 0.6) is 0 Å². The SMILES string of the molecule is C=CC(=C)CF.